The minimum Gasteiger partial charge on any atom is -0.493 e. The van der Waals surface area contributed by atoms with Crippen LogP contribution in [-0.2, 0) is 19.1 Å². The normalized spacial score (nSPS) is 25.6. The number of nitrogens with zero attached hydrogens (tertiary/aromatic N) is 1. The fourth-order valence-corrected chi connectivity index (χ4v) is 11.4. The van der Waals surface area contributed by atoms with Gasteiger partial charge in [0.2, 0.25) is 11.8 Å². The maximum Gasteiger partial charge on any atom is 0.338 e. The standard InChI is InChI=1S/C37H32FN3O8S2/c1-3-48-36(45)17-4-9-20(10-5-17)39-26(42)16-49-24-13-6-18(14-25(24)47-2)27-28-22-15-23(31(28)50-33-32(27)51-37(46)40-33)30-29(22)34(43)41(35(30)44)21-11-7-19(38)8-12-21/h4-14,22-23,27-31H,3,15-16H2,1-2H3,(H,39,42)(H,40,46)/t22-,23-,27-,28?,29?,30?,31?/m1/s1. The molecule has 2 N–H and O–H groups in total. The number of imide groups is 1. The first-order chi connectivity index (χ1) is 24.7. The molecule has 0 radical (unpaired) electrons. The summed E-state index contributed by atoms with van der Waals surface area (Å²) in [4.78, 5) is 70.1. The Morgan fingerprint density at radius 1 is 0.961 bits per heavy atom. The lowest BCUT2D eigenvalue weighted by molar-refractivity contribution is -0.123. The van der Waals surface area contributed by atoms with E-state index in [0.29, 0.717) is 28.4 Å². The summed E-state index contributed by atoms with van der Waals surface area (Å²) in [5.74, 6) is -2.50. The summed E-state index contributed by atoms with van der Waals surface area (Å²) in [6, 6.07) is 17.2. The molecule has 14 heteroatoms. The van der Waals surface area contributed by atoms with Crippen LogP contribution in [0.2, 0.25) is 0 Å². The highest BCUT2D eigenvalue weighted by Crippen LogP contribution is 2.68. The van der Waals surface area contributed by atoms with Crippen molar-refractivity contribution in [1.82, 2.24) is 4.98 Å². The second kappa shape index (κ2) is 13.0. The predicted octanol–water partition coefficient (Wildman–Crippen LogP) is 5.46. The van der Waals surface area contributed by atoms with Crippen LogP contribution in [0.5, 0.6) is 11.5 Å². The van der Waals surface area contributed by atoms with Crippen LogP contribution in [0.3, 0.4) is 0 Å². The molecule has 4 aromatic rings. The van der Waals surface area contributed by atoms with E-state index in [9.17, 15) is 28.4 Å². The number of aromatic nitrogens is 1. The lowest BCUT2D eigenvalue weighted by Crippen LogP contribution is -2.42. The predicted molar refractivity (Wildman–Crippen MR) is 187 cm³/mol. The molecular weight excluding hydrogens is 698 g/mol. The van der Waals surface area contributed by atoms with Crippen LogP contribution >= 0.6 is 23.1 Å². The van der Waals surface area contributed by atoms with E-state index >= 15 is 0 Å². The Morgan fingerprint density at radius 3 is 2.39 bits per heavy atom. The summed E-state index contributed by atoms with van der Waals surface area (Å²) in [6.07, 6.45) is 0.723. The van der Waals surface area contributed by atoms with Gasteiger partial charge in [-0.25, -0.2) is 9.18 Å². The van der Waals surface area contributed by atoms with E-state index < -0.39 is 29.5 Å². The van der Waals surface area contributed by atoms with Gasteiger partial charge < -0.3 is 24.5 Å². The largest absolute Gasteiger partial charge is 0.493 e. The number of amides is 3. The van der Waals surface area contributed by atoms with Crippen molar-refractivity contribution in [2.24, 2.45) is 29.6 Å². The fourth-order valence-electron chi connectivity index (χ4n) is 8.48. The molecule has 2 saturated carbocycles. The minimum atomic E-state index is -0.501. The van der Waals surface area contributed by atoms with E-state index in [1.807, 2.05) is 12.1 Å². The lowest BCUT2D eigenvalue weighted by Gasteiger charge is -2.43. The Hall–Kier alpha value is -4.95. The molecule has 262 valence electrons. The zero-order valence-electron chi connectivity index (χ0n) is 27.4. The van der Waals surface area contributed by atoms with Gasteiger partial charge in [-0.15, -0.1) is 11.8 Å². The Morgan fingerprint density at radius 2 is 1.69 bits per heavy atom. The van der Waals surface area contributed by atoms with Crippen LogP contribution in [0.4, 0.5) is 15.8 Å². The first kappa shape index (κ1) is 33.2. The summed E-state index contributed by atoms with van der Waals surface area (Å²) in [5, 5.41) is 3.51. The quantitative estimate of drug-likeness (QED) is 0.170. The number of thioether (sulfide) groups is 1. The van der Waals surface area contributed by atoms with Crippen molar-refractivity contribution in [2.45, 2.75) is 29.5 Å². The fraction of sp³-hybridized carbons (Fsp3) is 0.324. The third kappa shape index (κ3) is 5.60. The van der Waals surface area contributed by atoms with Gasteiger partial charge in [-0.2, -0.15) is 0 Å². The minimum absolute atomic E-state index is 0.0131. The topological polar surface area (TPSA) is 144 Å². The van der Waals surface area contributed by atoms with Crippen LogP contribution in [0, 0.1) is 35.4 Å². The number of rotatable bonds is 9. The zero-order chi connectivity index (χ0) is 35.6. The number of halogens is 1. The van der Waals surface area contributed by atoms with E-state index in [4.69, 9.17) is 14.2 Å². The number of H-pyrrole nitrogens is 1. The van der Waals surface area contributed by atoms with E-state index in [1.165, 1.54) is 36.3 Å². The highest BCUT2D eigenvalue weighted by molar-refractivity contribution is 8.00. The van der Waals surface area contributed by atoms with Gasteiger partial charge in [0.25, 0.3) is 5.91 Å². The van der Waals surface area contributed by atoms with E-state index in [0.717, 1.165) is 33.2 Å². The number of thiazole rings is 1. The van der Waals surface area contributed by atoms with E-state index in [2.05, 4.69) is 10.3 Å². The van der Waals surface area contributed by atoms with E-state index in [1.54, 1.807) is 49.0 Å². The molecule has 1 aromatic heterocycles. The van der Waals surface area contributed by atoms with Crippen molar-refractivity contribution in [3.63, 3.8) is 0 Å². The average Bonchev–Trinajstić information content (AvgIpc) is 3.87. The molecule has 51 heavy (non-hydrogen) atoms. The number of esters is 1. The Labute approximate surface area is 299 Å². The number of hydrogen-bond acceptors (Lipinski definition) is 10. The number of fused-ring (bicyclic) bond motifs is 9. The molecule has 8 rings (SSSR count). The summed E-state index contributed by atoms with van der Waals surface area (Å²) in [6.45, 7) is 1.68. The number of hydrogen-bond donors (Lipinski definition) is 2. The SMILES string of the molecule is CCOC(=O)c1ccc(NC(=O)COc2ccc([C@H]3c4sc(=O)[nH]c4SC4C3[C@H]3C[C@@H]4C4C(=O)N(c5ccc(F)cc5)C(=O)C43)cc2OC)cc1. The Bertz CT molecular complexity index is 2120. The van der Waals surface area contributed by atoms with Crippen LogP contribution in [-0.4, -0.2) is 54.2 Å². The molecule has 3 aromatic carbocycles. The maximum atomic E-state index is 14.0. The summed E-state index contributed by atoms with van der Waals surface area (Å²) >= 11 is 2.74. The molecule has 3 heterocycles. The van der Waals surface area contributed by atoms with Gasteiger partial charge in [-0.1, -0.05) is 17.4 Å². The van der Waals surface area contributed by atoms with Crippen molar-refractivity contribution in [2.75, 3.05) is 30.5 Å². The number of anilines is 2. The number of carbonyl (C=O) groups is 4. The molecule has 7 atom stereocenters. The highest BCUT2D eigenvalue weighted by Gasteiger charge is 2.69. The second-order valence-electron chi connectivity index (χ2n) is 13.0. The molecule has 1 saturated heterocycles. The van der Waals surface area contributed by atoms with Crippen LogP contribution in [0.15, 0.2) is 76.6 Å². The van der Waals surface area contributed by atoms with Gasteiger partial charge in [-0.05, 0) is 97.3 Å². The molecule has 4 unspecified atom stereocenters. The van der Waals surface area contributed by atoms with Crippen LogP contribution < -0.4 is 24.6 Å². The van der Waals surface area contributed by atoms with Crippen molar-refractivity contribution in [3.8, 4) is 11.5 Å². The first-order valence-electron chi connectivity index (χ1n) is 16.6. The van der Waals surface area contributed by atoms with Gasteiger partial charge in [0.05, 0.1) is 41.8 Å². The Kier molecular flexibility index (Phi) is 8.45. The van der Waals surface area contributed by atoms with Crippen molar-refractivity contribution in [3.05, 3.63) is 98.2 Å². The number of ether oxygens (including phenoxy) is 3. The molecule has 2 aliphatic heterocycles. The number of aromatic amines is 1. The number of nitrogens with one attached hydrogen (secondary N) is 2. The zero-order valence-corrected chi connectivity index (χ0v) is 29.1. The molecule has 3 fully saturated rings. The lowest BCUT2D eigenvalue weighted by atomic mass is 9.68. The van der Waals surface area contributed by atoms with Gasteiger partial charge >= 0.3 is 10.8 Å². The monoisotopic (exact) mass is 729 g/mol. The second-order valence-corrected chi connectivity index (χ2v) is 15.2. The Balaban J connectivity index is 1.03. The third-order valence-corrected chi connectivity index (χ3v) is 13.0. The molecular formula is C37H32FN3O8S2. The van der Waals surface area contributed by atoms with Gasteiger partial charge in [0, 0.05) is 21.7 Å². The van der Waals surface area contributed by atoms with Gasteiger partial charge in [0.15, 0.2) is 18.1 Å². The van der Waals surface area contributed by atoms with Crippen LogP contribution in [0.25, 0.3) is 0 Å². The molecule has 3 amide bonds. The molecule has 0 spiro atoms. The number of benzene rings is 3. The number of methoxy groups -OCH3 is 1. The van der Waals surface area contributed by atoms with Gasteiger partial charge in [-0.3, -0.25) is 24.1 Å². The molecule has 11 nitrogen and oxygen atoms in total. The number of carbonyl (C=O) groups excluding carboxylic acids is 4. The van der Waals surface area contributed by atoms with Crippen LogP contribution in [0.1, 0.15) is 40.1 Å². The van der Waals surface area contributed by atoms with E-state index in [-0.39, 0.29) is 58.8 Å². The average molecular weight is 730 g/mol. The first-order valence-corrected chi connectivity index (χ1v) is 18.3. The summed E-state index contributed by atoms with van der Waals surface area (Å²) < 4.78 is 30.3. The van der Waals surface area contributed by atoms with Crippen molar-refractivity contribution in [1.29, 1.82) is 0 Å². The van der Waals surface area contributed by atoms with Crippen molar-refractivity contribution >= 4 is 58.2 Å². The van der Waals surface area contributed by atoms with Gasteiger partial charge in [0.1, 0.15) is 5.82 Å². The molecule has 4 aliphatic rings. The third-order valence-electron chi connectivity index (χ3n) is 10.4. The molecule has 2 bridgehead atoms. The summed E-state index contributed by atoms with van der Waals surface area (Å²) in [5.41, 5.74) is 2.10. The molecule has 2 aliphatic carbocycles. The smallest absolute Gasteiger partial charge is 0.338 e. The summed E-state index contributed by atoms with van der Waals surface area (Å²) in [7, 11) is 1.51. The van der Waals surface area contributed by atoms with Crippen molar-refractivity contribution < 1.29 is 37.8 Å². The maximum absolute atomic E-state index is 14.0. The highest BCUT2D eigenvalue weighted by atomic mass is 32.2.